The third-order valence-corrected chi connectivity index (χ3v) is 5.34. The van der Waals surface area contributed by atoms with E-state index in [1.165, 1.54) is 0 Å². The van der Waals surface area contributed by atoms with E-state index in [9.17, 15) is 14.7 Å². The van der Waals surface area contributed by atoms with Gasteiger partial charge in [-0.3, -0.25) is 4.79 Å². The summed E-state index contributed by atoms with van der Waals surface area (Å²) in [6, 6.07) is 0.167. The lowest BCUT2D eigenvalue weighted by atomic mass is 9.74. The van der Waals surface area contributed by atoms with Gasteiger partial charge in [0.15, 0.2) is 0 Å². The summed E-state index contributed by atoms with van der Waals surface area (Å²) >= 11 is 0. The normalized spacial score (nSPS) is 20.7. The van der Waals surface area contributed by atoms with Gasteiger partial charge in [-0.25, -0.2) is 4.79 Å². The van der Waals surface area contributed by atoms with E-state index in [1.807, 2.05) is 0 Å². The van der Waals surface area contributed by atoms with Gasteiger partial charge in [-0.1, -0.05) is 26.7 Å². The highest BCUT2D eigenvalue weighted by atomic mass is 16.3. The van der Waals surface area contributed by atoms with Crippen molar-refractivity contribution in [1.29, 1.82) is 0 Å². The summed E-state index contributed by atoms with van der Waals surface area (Å²) in [5.41, 5.74) is -0.185. The number of hydrogen-bond acceptors (Lipinski definition) is 3. The van der Waals surface area contributed by atoms with E-state index in [0.29, 0.717) is 25.4 Å². The highest BCUT2D eigenvalue weighted by Crippen LogP contribution is 2.42. The maximum atomic E-state index is 12.2. The van der Waals surface area contributed by atoms with Crippen LogP contribution < -0.4 is 16.0 Å². The van der Waals surface area contributed by atoms with Gasteiger partial charge in [0.25, 0.3) is 0 Å². The van der Waals surface area contributed by atoms with Crippen LogP contribution in [0.4, 0.5) is 4.79 Å². The predicted octanol–water partition coefficient (Wildman–Crippen LogP) is 1.92. The van der Waals surface area contributed by atoms with Gasteiger partial charge < -0.3 is 21.1 Å². The minimum atomic E-state index is -0.198. The molecule has 2 saturated carbocycles. The topological polar surface area (TPSA) is 90.5 Å². The Morgan fingerprint density at radius 3 is 2.42 bits per heavy atom. The lowest BCUT2D eigenvalue weighted by Gasteiger charge is -2.39. The minimum Gasteiger partial charge on any atom is -0.396 e. The van der Waals surface area contributed by atoms with Crippen molar-refractivity contribution in [3.8, 4) is 0 Å². The molecule has 6 nitrogen and oxygen atoms in total. The highest BCUT2D eigenvalue weighted by molar-refractivity contribution is 5.77. The molecule has 0 bridgehead atoms. The average molecular weight is 339 g/mol. The standard InChI is InChI=1S/C18H33N3O3/c1-13(2)16(18(12-22)9-3-4-10-18)21-17(24)19-11-5-6-15(23)20-14-7-8-14/h13-14,16,22H,3-12H2,1-2H3,(H,20,23)(H2,19,21,24). The Kier molecular flexibility index (Phi) is 6.90. The van der Waals surface area contributed by atoms with E-state index in [1.54, 1.807) is 0 Å². The van der Waals surface area contributed by atoms with Crippen LogP contribution in [0.5, 0.6) is 0 Å². The quantitative estimate of drug-likeness (QED) is 0.484. The first-order chi connectivity index (χ1) is 11.5. The van der Waals surface area contributed by atoms with Gasteiger partial charge in [0.05, 0.1) is 6.61 Å². The Morgan fingerprint density at radius 1 is 1.21 bits per heavy atom. The largest absolute Gasteiger partial charge is 0.396 e. The Balaban J connectivity index is 1.71. The SMILES string of the molecule is CC(C)C(NC(=O)NCCCC(=O)NC1CC1)C1(CO)CCCC1. The van der Waals surface area contributed by atoms with Crippen molar-refractivity contribution in [3.63, 3.8) is 0 Å². The molecule has 2 aliphatic carbocycles. The number of carbonyl (C=O) groups is 2. The second-order valence-electron chi connectivity index (χ2n) is 7.79. The van der Waals surface area contributed by atoms with E-state index >= 15 is 0 Å². The van der Waals surface area contributed by atoms with Crippen LogP contribution in [0.1, 0.15) is 65.2 Å². The smallest absolute Gasteiger partial charge is 0.315 e. The number of nitrogens with one attached hydrogen (secondary N) is 3. The molecule has 2 rings (SSSR count). The van der Waals surface area contributed by atoms with Gasteiger partial charge in [-0.15, -0.1) is 0 Å². The van der Waals surface area contributed by atoms with Gasteiger partial charge in [-0.05, 0) is 38.0 Å². The lowest BCUT2D eigenvalue weighted by Crippen LogP contribution is -2.54. The van der Waals surface area contributed by atoms with Gasteiger partial charge >= 0.3 is 6.03 Å². The summed E-state index contributed by atoms with van der Waals surface area (Å²) in [5, 5.41) is 18.7. The fraction of sp³-hybridized carbons (Fsp3) is 0.889. The Hall–Kier alpha value is -1.30. The Bertz CT molecular complexity index is 429. The second kappa shape index (κ2) is 8.70. The molecule has 1 unspecified atom stereocenters. The van der Waals surface area contributed by atoms with Crippen molar-refractivity contribution in [3.05, 3.63) is 0 Å². The number of hydrogen-bond donors (Lipinski definition) is 4. The number of carbonyl (C=O) groups excluding carboxylic acids is 2. The van der Waals surface area contributed by atoms with Crippen LogP contribution in [0.25, 0.3) is 0 Å². The van der Waals surface area contributed by atoms with Gasteiger partial charge in [0.1, 0.15) is 0 Å². The molecule has 1 atom stereocenters. The number of rotatable bonds is 9. The number of urea groups is 1. The molecule has 138 valence electrons. The molecule has 3 amide bonds. The van der Waals surface area contributed by atoms with Crippen molar-refractivity contribution < 1.29 is 14.7 Å². The van der Waals surface area contributed by atoms with E-state index < -0.39 is 0 Å². The first-order valence-electron chi connectivity index (χ1n) is 9.41. The highest BCUT2D eigenvalue weighted by Gasteiger charge is 2.42. The summed E-state index contributed by atoms with van der Waals surface area (Å²) in [6.07, 6.45) is 7.44. The Labute approximate surface area is 145 Å². The molecule has 2 fully saturated rings. The van der Waals surface area contributed by atoms with E-state index in [4.69, 9.17) is 0 Å². The van der Waals surface area contributed by atoms with Crippen molar-refractivity contribution >= 4 is 11.9 Å². The summed E-state index contributed by atoms with van der Waals surface area (Å²) in [7, 11) is 0. The fourth-order valence-corrected chi connectivity index (χ4v) is 3.84. The second-order valence-corrected chi connectivity index (χ2v) is 7.79. The van der Waals surface area contributed by atoms with Gasteiger partial charge in [0.2, 0.25) is 5.91 Å². The molecule has 24 heavy (non-hydrogen) atoms. The maximum Gasteiger partial charge on any atom is 0.315 e. The average Bonchev–Trinajstić information content (AvgIpc) is 3.22. The van der Waals surface area contributed by atoms with Crippen LogP contribution >= 0.6 is 0 Å². The van der Waals surface area contributed by atoms with Crippen LogP contribution in [-0.4, -0.2) is 42.3 Å². The summed E-state index contributed by atoms with van der Waals surface area (Å²) in [6.45, 7) is 4.78. The fourth-order valence-electron chi connectivity index (χ4n) is 3.84. The minimum absolute atomic E-state index is 0.0248. The van der Waals surface area contributed by atoms with Crippen molar-refractivity contribution in [2.24, 2.45) is 11.3 Å². The molecule has 4 N–H and O–H groups in total. The number of aliphatic hydroxyl groups excluding tert-OH is 1. The van der Waals surface area contributed by atoms with E-state index in [2.05, 4.69) is 29.8 Å². The molecule has 0 aromatic heterocycles. The van der Waals surface area contributed by atoms with Crippen LogP contribution in [0.15, 0.2) is 0 Å². The van der Waals surface area contributed by atoms with Crippen molar-refractivity contribution in [2.45, 2.75) is 77.3 Å². The molecule has 2 aliphatic rings. The molecule has 0 spiro atoms. The molecule has 0 aromatic rings. The molecule has 0 aliphatic heterocycles. The lowest BCUT2D eigenvalue weighted by molar-refractivity contribution is -0.121. The molecular formula is C18H33N3O3. The van der Waals surface area contributed by atoms with Crippen LogP contribution in [0.2, 0.25) is 0 Å². The van der Waals surface area contributed by atoms with E-state index in [0.717, 1.165) is 38.5 Å². The number of amides is 3. The molecule has 0 saturated heterocycles. The maximum absolute atomic E-state index is 12.2. The predicted molar refractivity (Wildman–Crippen MR) is 93.5 cm³/mol. The zero-order chi connectivity index (χ0) is 17.6. The zero-order valence-corrected chi connectivity index (χ0v) is 15.1. The molecule has 6 heteroatoms. The Morgan fingerprint density at radius 2 is 1.88 bits per heavy atom. The molecule has 0 heterocycles. The van der Waals surface area contributed by atoms with Crippen LogP contribution in [0.3, 0.4) is 0 Å². The van der Waals surface area contributed by atoms with Crippen molar-refractivity contribution in [1.82, 2.24) is 16.0 Å². The monoisotopic (exact) mass is 339 g/mol. The molecule has 0 aromatic carbocycles. The number of aliphatic hydroxyl groups is 1. The third kappa shape index (κ3) is 5.36. The molecule has 0 radical (unpaired) electrons. The first-order valence-corrected chi connectivity index (χ1v) is 9.41. The first kappa shape index (κ1) is 19.0. The van der Waals surface area contributed by atoms with Crippen LogP contribution in [-0.2, 0) is 4.79 Å². The molecular weight excluding hydrogens is 306 g/mol. The van der Waals surface area contributed by atoms with Crippen molar-refractivity contribution in [2.75, 3.05) is 13.2 Å². The van der Waals surface area contributed by atoms with Gasteiger partial charge in [-0.2, -0.15) is 0 Å². The van der Waals surface area contributed by atoms with Crippen LogP contribution in [0, 0.1) is 11.3 Å². The summed E-state index contributed by atoms with van der Waals surface area (Å²) in [4.78, 5) is 23.8. The third-order valence-electron chi connectivity index (χ3n) is 5.34. The summed E-state index contributed by atoms with van der Waals surface area (Å²) in [5.74, 6) is 0.343. The van der Waals surface area contributed by atoms with Gasteiger partial charge in [0, 0.05) is 30.5 Å². The zero-order valence-electron chi connectivity index (χ0n) is 15.1. The summed E-state index contributed by atoms with van der Waals surface area (Å²) < 4.78 is 0. The van der Waals surface area contributed by atoms with E-state index in [-0.39, 0.29) is 35.9 Å².